The summed E-state index contributed by atoms with van der Waals surface area (Å²) in [5.41, 5.74) is 12.1. The average Bonchev–Trinajstić information content (AvgIpc) is 3.15. The first-order chi connectivity index (χ1) is 16.9. The Hall–Kier alpha value is -3.98. The van der Waals surface area contributed by atoms with Crippen LogP contribution >= 0.6 is 0 Å². The Labute approximate surface area is 206 Å². The number of aryl methyl sites for hydroxylation is 2. The Bertz CT molecular complexity index is 1580. The number of halogens is 1. The van der Waals surface area contributed by atoms with Crippen molar-refractivity contribution in [3.63, 3.8) is 0 Å². The number of hydrogen-bond donors (Lipinski definition) is 0. The highest BCUT2D eigenvalue weighted by molar-refractivity contribution is 6.10. The van der Waals surface area contributed by atoms with Gasteiger partial charge in [0, 0.05) is 34.7 Å². The molecule has 0 unspecified atom stereocenters. The molecule has 1 aliphatic rings. The van der Waals surface area contributed by atoms with Crippen molar-refractivity contribution in [2.75, 3.05) is 0 Å². The van der Waals surface area contributed by atoms with Crippen molar-refractivity contribution >= 4 is 34.7 Å². The molecule has 2 heterocycles. The Morgan fingerprint density at radius 1 is 1.09 bits per heavy atom. The zero-order chi connectivity index (χ0) is 24.9. The minimum atomic E-state index is -0.210. The second kappa shape index (κ2) is 8.66. The molecule has 0 aliphatic heterocycles. The first-order valence-corrected chi connectivity index (χ1v) is 11.9. The van der Waals surface area contributed by atoms with Crippen molar-refractivity contribution in [2.45, 2.75) is 33.7 Å². The van der Waals surface area contributed by atoms with E-state index < -0.39 is 0 Å². The number of hydrogen-bond acceptors (Lipinski definition) is 1. The lowest BCUT2D eigenvalue weighted by molar-refractivity contribution is 0.600. The van der Waals surface area contributed by atoms with E-state index in [-0.39, 0.29) is 5.82 Å². The summed E-state index contributed by atoms with van der Waals surface area (Å²) in [6.07, 6.45) is 10.4. The smallest absolute Gasteiger partial charge is 0.128 e. The van der Waals surface area contributed by atoms with E-state index in [0.29, 0.717) is 18.5 Å². The van der Waals surface area contributed by atoms with E-state index >= 15 is 4.39 Å². The van der Waals surface area contributed by atoms with Crippen LogP contribution in [0, 0.1) is 19.7 Å². The minimum absolute atomic E-state index is 0.210. The van der Waals surface area contributed by atoms with Crippen LogP contribution in [0.1, 0.15) is 51.7 Å². The fraction of sp³-hybridized carbons (Fsp3) is 0.156. The van der Waals surface area contributed by atoms with Crippen LogP contribution in [0.5, 0.6) is 0 Å². The summed E-state index contributed by atoms with van der Waals surface area (Å²) in [5, 5.41) is 1.11. The van der Waals surface area contributed by atoms with Crippen LogP contribution in [0.25, 0.3) is 45.8 Å². The quantitative estimate of drug-likeness (QED) is 0.292. The largest absolute Gasteiger partial charge is 0.336 e. The van der Waals surface area contributed by atoms with E-state index in [1.807, 2.05) is 38.3 Å². The predicted molar refractivity (Wildman–Crippen MR) is 148 cm³/mol. The molecule has 0 saturated carbocycles. The molecular formula is C32H29FN2. The third-order valence-electron chi connectivity index (χ3n) is 7.04. The Morgan fingerprint density at radius 3 is 2.60 bits per heavy atom. The number of rotatable bonds is 5. The molecule has 1 aliphatic carbocycles. The standard InChI is InChI=1S/C32H29FN2/c1-7-11-25-20(5)16-29-30(24(25)9-3)31-26-12-10-13-34-28(26)15-21(6)32(31)35(29)18-23-17-22(8-2)19(4)14-27(23)33/h7-14,16-17H,2-3,6,15,18H2,1,4-5H3/b11-7-. The van der Waals surface area contributed by atoms with Crippen LogP contribution < -0.4 is 0 Å². The summed E-state index contributed by atoms with van der Waals surface area (Å²) in [6, 6.07) is 9.82. The second-order valence-electron chi connectivity index (χ2n) is 9.21. The Morgan fingerprint density at radius 2 is 1.89 bits per heavy atom. The molecule has 2 nitrogen and oxygen atoms in total. The minimum Gasteiger partial charge on any atom is -0.336 e. The summed E-state index contributed by atoms with van der Waals surface area (Å²) in [4.78, 5) is 4.67. The van der Waals surface area contributed by atoms with Crippen molar-refractivity contribution in [3.8, 4) is 11.1 Å². The molecule has 0 amide bonds. The van der Waals surface area contributed by atoms with Crippen molar-refractivity contribution in [3.05, 3.63) is 113 Å². The fourth-order valence-corrected chi connectivity index (χ4v) is 5.42. The lowest BCUT2D eigenvalue weighted by atomic mass is 9.86. The Balaban J connectivity index is 1.91. The molecule has 2 aromatic heterocycles. The summed E-state index contributed by atoms with van der Waals surface area (Å²) in [5.74, 6) is -0.210. The number of nitrogens with zero attached hydrogens (tertiary/aromatic N) is 2. The van der Waals surface area contributed by atoms with Crippen molar-refractivity contribution < 1.29 is 4.39 Å². The van der Waals surface area contributed by atoms with Gasteiger partial charge in [-0.15, -0.1) is 0 Å². The maximum absolute atomic E-state index is 15.2. The lowest BCUT2D eigenvalue weighted by Gasteiger charge is -2.21. The zero-order valence-electron chi connectivity index (χ0n) is 20.6. The zero-order valence-corrected chi connectivity index (χ0v) is 20.6. The summed E-state index contributed by atoms with van der Waals surface area (Å²) >= 11 is 0. The molecule has 0 N–H and O–H groups in total. The molecule has 0 fully saturated rings. The number of allylic oxidation sites excluding steroid dienone is 2. The van der Waals surface area contributed by atoms with Crippen LogP contribution in [-0.4, -0.2) is 9.55 Å². The van der Waals surface area contributed by atoms with Gasteiger partial charge < -0.3 is 4.57 Å². The van der Waals surface area contributed by atoms with Crippen molar-refractivity contribution in [1.82, 2.24) is 9.55 Å². The molecule has 0 atom stereocenters. The van der Waals surface area contributed by atoms with Crippen molar-refractivity contribution in [1.29, 1.82) is 0 Å². The maximum atomic E-state index is 15.2. The van der Waals surface area contributed by atoms with Crippen LogP contribution in [0.15, 0.2) is 62.3 Å². The van der Waals surface area contributed by atoms with Crippen molar-refractivity contribution in [2.24, 2.45) is 0 Å². The van der Waals surface area contributed by atoms with E-state index in [1.54, 1.807) is 12.1 Å². The molecule has 2 aromatic carbocycles. The van der Waals surface area contributed by atoms with Gasteiger partial charge in [0.15, 0.2) is 0 Å². The molecule has 174 valence electrons. The molecule has 0 radical (unpaired) electrons. The number of fused-ring (bicyclic) bond motifs is 5. The molecule has 0 spiro atoms. The van der Waals surface area contributed by atoms with Crippen LogP contribution in [0.2, 0.25) is 0 Å². The van der Waals surface area contributed by atoms with Crippen LogP contribution in [0.3, 0.4) is 0 Å². The third kappa shape index (κ3) is 3.50. The summed E-state index contributed by atoms with van der Waals surface area (Å²) in [7, 11) is 0. The normalized spacial score (nSPS) is 12.7. The van der Waals surface area contributed by atoms with Gasteiger partial charge in [-0.25, -0.2) is 4.39 Å². The molecule has 5 rings (SSSR count). The van der Waals surface area contributed by atoms with E-state index in [9.17, 15) is 0 Å². The van der Waals surface area contributed by atoms with Crippen LogP contribution in [0.4, 0.5) is 4.39 Å². The third-order valence-corrected chi connectivity index (χ3v) is 7.04. The first kappa shape index (κ1) is 22.8. The van der Waals surface area contributed by atoms with Crippen LogP contribution in [-0.2, 0) is 13.0 Å². The van der Waals surface area contributed by atoms with E-state index in [2.05, 4.69) is 60.5 Å². The lowest BCUT2D eigenvalue weighted by Crippen LogP contribution is -2.11. The van der Waals surface area contributed by atoms with E-state index in [0.717, 1.165) is 66.8 Å². The van der Waals surface area contributed by atoms with E-state index in [1.165, 1.54) is 0 Å². The van der Waals surface area contributed by atoms with Gasteiger partial charge >= 0.3 is 0 Å². The molecule has 0 bridgehead atoms. The van der Waals surface area contributed by atoms with Gasteiger partial charge in [0.25, 0.3) is 0 Å². The van der Waals surface area contributed by atoms with Gasteiger partial charge in [-0.3, -0.25) is 4.98 Å². The van der Waals surface area contributed by atoms with Gasteiger partial charge in [-0.1, -0.05) is 50.1 Å². The topological polar surface area (TPSA) is 17.8 Å². The fourth-order valence-electron chi connectivity index (χ4n) is 5.42. The summed E-state index contributed by atoms with van der Waals surface area (Å²) in [6.45, 7) is 19.0. The van der Waals surface area contributed by atoms with Gasteiger partial charge in [0.2, 0.25) is 0 Å². The van der Waals surface area contributed by atoms with Gasteiger partial charge in [-0.2, -0.15) is 0 Å². The number of aromatic nitrogens is 2. The summed E-state index contributed by atoms with van der Waals surface area (Å²) < 4.78 is 17.4. The highest BCUT2D eigenvalue weighted by Crippen LogP contribution is 2.47. The van der Waals surface area contributed by atoms with E-state index in [4.69, 9.17) is 0 Å². The highest BCUT2D eigenvalue weighted by atomic mass is 19.1. The molecular weight excluding hydrogens is 431 g/mol. The highest BCUT2D eigenvalue weighted by Gasteiger charge is 2.29. The monoisotopic (exact) mass is 460 g/mol. The van der Waals surface area contributed by atoms with Gasteiger partial charge in [0.1, 0.15) is 5.82 Å². The molecule has 0 saturated heterocycles. The molecule has 4 aromatic rings. The SMILES string of the molecule is C=Cc1cc(Cn2c3c(c4c(C=C)c(/C=C\C)c(C)cc42)-c2cccnc2CC3=C)c(F)cc1C. The molecule has 35 heavy (non-hydrogen) atoms. The first-order valence-electron chi connectivity index (χ1n) is 11.9. The number of pyridine rings is 1. The number of benzene rings is 2. The molecule has 3 heteroatoms. The van der Waals surface area contributed by atoms with Gasteiger partial charge in [0.05, 0.1) is 23.4 Å². The maximum Gasteiger partial charge on any atom is 0.128 e. The predicted octanol–water partition coefficient (Wildman–Crippen LogP) is 8.40. The van der Waals surface area contributed by atoms with Gasteiger partial charge in [-0.05, 0) is 78.4 Å². The second-order valence-corrected chi connectivity index (χ2v) is 9.21. The Kier molecular flexibility index (Phi) is 5.64. The average molecular weight is 461 g/mol.